The maximum Gasteiger partial charge on any atom is 0.254 e. The van der Waals surface area contributed by atoms with Crippen LogP contribution in [0, 0.1) is 12.3 Å². The zero-order valence-corrected chi connectivity index (χ0v) is 32.7. The molecule has 1 unspecified atom stereocenters. The molecule has 1 aromatic heterocycles. The lowest BCUT2D eigenvalue weighted by Gasteiger charge is -2.26. The van der Waals surface area contributed by atoms with Crippen LogP contribution in [0.2, 0.25) is 0 Å². The van der Waals surface area contributed by atoms with Gasteiger partial charge >= 0.3 is 0 Å². The minimum absolute atomic E-state index is 0.237. The van der Waals surface area contributed by atoms with Crippen LogP contribution in [-0.4, -0.2) is 91.7 Å². The highest BCUT2D eigenvalue weighted by Crippen LogP contribution is 2.37. The fourth-order valence-corrected chi connectivity index (χ4v) is 6.38. The predicted molar refractivity (Wildman–Crippen MR) is 222 cm³/mol. The maximum atomic E-state index is 13.1. The fourth-order valence-electron chi connectivity index (χ4n) is 6.38. The van der Waals surface area contributed by atoms with Gasteiger partial charge in [0.1, 0.15) is 5.75 Å². The normalized spacial score (nSPS) is 13.6. The largest absolute Gasteiger partial charge is 0.494 e. The molecule has 1 saturated heterocycles. The highest BCUT2D eigenvalue weighted by molar-refractivity contribution is 6.00. The quantitative estimate of drug-likeness (QED) is 0.0605. The molecule has 2 amide bonds. The van der Waals surface area contributed by atoms with Gasteiger partial charge in [0.05, 0.1) is 31.6 Å². The van der Waals surface area contributed by atoms with Crippen LogP contribution in [0.4, 0.5) is 23.0 Å². The van der Waals surface area contributed by atoms with Crippen molar-refractivity contribution in [2.75, 3.05) is 69.5 Å². The van der Waals surface area contributed by atoms with Crippen LogP contribution in [0.15, 0.2) is 79.0 Å². The molecule has 4 aromatic carbocycles. The molecule has 14 heteroatoms. The van der Waals surface area contributed by atoms with Crippen molar-refractivity contribution in [2.24, 2.45) is 0 Å². The van der Waals surface area contributed by atoms with Gasteiger partial charge in [-0.25, -0.2) is 4.98 Å². The number of carbonyl (C=O) groups is 2. The molecule has 1 aliphatic rings. The summed E-state index contributed by atoms with van der Waals surface area (Å²) in [5, 5.41) is 27.8. The van der Waals surface area contributed by atoms with Gasteiger partial charge in [-0.15, -0.1) is 6.42 Å². The second-order valence-electron chi connectivity index (χ2n) is 14.4. The van der Waals surface area contributed by atoms with Crippen LogP contribution in [-0.2, 0) is 10.2 Å². The Morgan fingerprint density at radius 3 is 2.46 bits per heavy atom. The molecule has 14 nitrogen and oxygen atoms in total. The number of aliphatic hydroxyl groups excluding tert-OH is 1. The van der Waals surface area contributed by atoms with Gasteiger partial charge in [-0.3, -0.25) is 14.5 Å². The number of methoxy groups -OCH3 is 1. The number of hydrogen-bond donors (Lipinski definition) is 6. The number of benzene rings is 4. The van der Waals surface area contributed by atoms with Crippen molar-refractivity contribution in [1.29, 1.82) is 0 Å². The summed E-state index contributed by atoms with van der Waals surface area (Å²) in [6, 6.07) is 21.6. The van der Waals surface area contributed by atoms with Gasteiger partial charge in [-0.1, -0.05) is 51.0 Å². The standard InChI is InChI=1S/C43H48N8O6/c1-7-27-22-28(39(52)45-16-17-51-18-20-56-21-19-51)24-30(23-27)47-41-46-15-14-37(50-41)57-36-13-12-34(31-10-8-9-11-32(31)36)48-42(54)49-35-26-29(43(2,3)4)25-33(38(35)55-6)40(53)44-5/h1,8-15,22-26,42,48-49,54H,16-21H2,2-6H3,(H,44,53)(H,45,52)(H,46,47,50). The van der Waals surface area contributed by atoms with Gasteiger partial charge in [-0.05, 0) is 53.4 Å². The second kappa shape index (κ2) is 18.0. The molecule has 2 heterocycles. The van der Waals surface area contributed by atoms with Gasteiger partial charge < -0.3 is 45.9 Å². The third-order valence-electron chi connectivity index (χ3n) is 9.38. The van der Waals surface area contributed by atoms with E-state index in [0.717, 1.165) is 36.0 Å². The number of amides is 2. The Morgan fingerprint density at radius 2 is 1.74 bits per heavy atom. The highest BCUT2D eigenvalue weighted by Gasteiger charge is 2.24. The van der Waals surface area contributed by atoms with Gasteiger partial charge in [0, 0.05) is 78.8 Å². The molecule has 0 spiro atoms. The average Bonchev–Trinajstić information content (AvgIpc) is 3.21. The van der Waals surface area contributed by atoms with E-state index in [1.807, 2.05) is 51.1 Å². The van der Waals surface area contributed by atoms with Crippen molar-refractivity contribution < 1.29 is 28.9 Å². The molecule has 0 saturated carbocycles. The topological polar surface area (TPSA) is 171 Å². The molecule has 0 radical (unpaired) electrons. The van der Waals surface area contributed by atoms with Gasteiger partial charge in [0.2, 0.25) is 18.2 Å². The molecular weight excluding hydrogens is 725 g/mol. The van der Waals surface area contributed by atoms with E-state index in [0.29, 0.717) is 65.0 Å². The minimum Gasteiger partial charge on any atom is -0.494 e. The van der Waals surface area contributed by atoms with Gasteiger partial charge in [-0.2, -0.15) is 4.98 Å². The number of nitrogens with zero attached hydrogens (tertiary/aromatic N) is 3. The summed E-state index contributed by atoms with van der Waals surface area (Å²) in [6.45, 7) is 10.4. The lowest BCUT2D eigenvalue weighted by molar-refractivity contribution is 0.0383. The van der Waals surface area contributed by atoms with E-state index < -0.39 is 6.35 Å². The molecule has 6 rings (SSSR count). The minimum atomic E-state index is -1.27. The molecule has 6 N–H and O–H groups in total. The van der Waals surface area contributed by atoms with E-state index in [4.69, 9.17) is 20.6 Å². The molecule has 0 bridgehead atoms. The molecule has 57 heavy (non-hydrogen) atoms. The highest BCUT2D eigenvalue weighted by atomic mass is 16.5. The number of carbonyl (C=O) groups excluding carboxylic acids is 2. The SMILES string of the molecule is C#Cc1cc(Nc2nccc(Oc3ccc(NC(O)Nc4cc(C(C)(C)C)cc(C(=O)NC)c4OC)c4ccccc34)n2)cc(C(=O)NCCN2CCOCC2)c1. The Balaban J connectivity index is 1.17. The predicted octanol–water partition coefficient (Wildman–Crippen LogP) is 5.67. The number of ether oxygens (including phenoxy) is 3. The summed E-state index contributed by atoms with van der Waals surface area (Å²) in [5.41, 5.74) is 3.50. The fraction of sp³-hybridized carbons (Fsp3) is 0.302. The van der Waals surface area contributed by atoms with Gasteiger partial charge in [0.15, 0.2) is 5.75 Å². The Labute approximate surface area is 332 Å². The molecule has 1 atom stereocenters. The summed E-state index contributed by atoms with van der Waals surface area (Å²) < 4.78 is 17.3. The first kappa shape index (κ1) is 40.3. The first-order valence-corrected chi connectivity index (χ1v) is 18.6. The van der Waals surface area contributed by atoms with Crippen LogP contribution in [0.3, 0.4) is 0 Å². The number of morpholine rings is 1. The molecular formula is C43H48N8O6. The van der Waals surface area contributed by atoms with Crippen molar-refractivity contribution >= 4 is 45.6 Å². The number of anilines is 4. The summed E-state index contributed by atoms with van der Waals surface area (Å²) >= 11 is 0. The summed E-state index contributed by atoms with van der Waals surface area (Å²) in [6.07, 6.45) is 6.03. The third-order valence-corrected chi connectivity index (χ3v) is 9.38. The van der Waals surface area contributed by atoms with Crippen LogP contribution in [0.25, 0.3) is 10.8 Å². The van der Waals surface area contributed by atoms with E-state index in [1.165, 1.54) is 7.11 Å². The van der Waals surface area contributed by atoms with Crippen molar-refractivity contribution in [2.45, 2.75) is 32.5 Å². The number of terminal acetylenes is 1. The van der Waals surface area contributed by atoms with E-state index >= 15 is 0 Å². The number of hydrogen-bond acceptors (Lipinski definition) is 12. The monoisotopic (exact) mass is 772 g/mol. The second-order valence-corrected chi connectivity index (χ2v) is 14.4. The lowest BCUT2D eigenvalue weighted by atomic mass is 9.85. The van der Waals surface area contributed by atoms with Crippen LogP contribution < -0.4 is 36.1 Å². The number of aromatic nitrogens is 2. The smallest absolute Gasteiger partial charge is 0.254 e. The number of rotatable bonds is 14. The van der Waals surface area contributed by atoms with E-state index in [9.17, 15) is 14.7 Å². The van der Waals surface area contributed by atoms with Gasteiger partial charge in [0.25, 0.3) is 11.8 Å². The molecule has 5 aromatic rings. The van der Waals surface area contributed by atoms with E-state index in [1.54, 1.807) is 55.7 Å². The molecule has 0 aliphatic carbocycles. The number of aliphatic hydroxyl groups is 1. The Morgan fingerprint density at radius 1 is 0.982 bits per heavy atom. The molecule has 1 aliphatic heterocycles. The Bertz CT molecular complexity index is 2280. The number of nitrogens with one attached hydrogen (secondary N) is 5. The zero-order chi connectivity index (χ0) is 40.5. The van der Waals surface area contributed by atoms with Crippen LogP contribution >= 0.6 is 0 Å². The number of fused-ring (bicyclic) bond motifs is 1. The average molecular weight is 773 g/mol. The molecule has 1 fully saturated rings. The molecule has 296 valence electrons. The summed E-state index contributed by atoms with van der Waals surface area (Å²) in [7, 11) is 3.04. The maximum absolute atomic E-state index is 13.1. The van der Waals surface area contributed by atoms with Crippen molar-refractivity contribution in [3.05, 3.63) is 101 Å². The van der Waals surface area contributed by atoms with Crippen molar-refractivity contribution in [3.63, 3.8) is 0 Å². The van der Waals surface area contributed by atoms with Crippen molar-refractivity contribution in [3.8, 4) is 29.7 Å². The van der Waals surface area contributed by atoms with Crippen LogP contribution in [0.5, 0.6) is 17.4 Å². The lowest BCUT2D eigenvalue weighted by Crippen LogP contribution is -2.41. The first-order chi connectivity index (χ1) is 27.4. The zero-order valence-electron chi connectivity index (χ0n) is 32.7. The first-order valence-electron chi connectivity index (χ1n) is 18.6. The van der Waals surface area contributed by atoms with Crippen molar-refractivity contribution in [1.82, 2.24) is 25.5 Å². The van der Waals surface area contributed by atoms with Crippen LogP contribution in [0.1, 0.15) is 52.6 Å². The van der Waals surface area contributed by atoms with E-state index in [2.05, 4.69) is 47.4 Å². The Kier molecular flexibility index (Phi) is 12.7. The summed E-state index contributed by atoms with van der Waals surface area (Å²) in [4.78, 5) is 37.0. The summed E-state index contributed by atoms with van der Waals surface area (Å²) in [5.74, 6) is 3.40. The Hall–Kier alpha value is -6.40. The third kappa shape index (κ3) is 10.1. The van der Waals surface area contributed by atoms with E-state index in [-0.39, 0.29) is 29.1 Å².